The van der Waals surface area contributed by atoms with Gasteiger partial charge in [0, 0.05) is 18.9 Å². The fraction of sp³-hybridized carbons (Fsp3) is 0.667. The van der Waals surface area contributed by atoms with E-state index in [0.29, 0.717) is 5.41 Å². The third-order valence-corrected chi connectivity index (χ3v) is 2.50. The zero-order valence-electron chi connectivity index (χ0n) is 7.43. The largest absolute Gasteiger partial charge is 0.348 e. The second kappa shape index (κ2) is 2.90. The highest BCUT2D eigenvalue weighted by molar-refractivity contribution is 4.92. The maximum Gasteiger partial charge on any atom is 0.120 e. The molecule has 3 heteroatoms. The van der Waals surface area contributed by atoms with E-state index in [1.54, 1.807) is 6.20 Å². The molecule has 0 radical (unpaired) electrons. The van der Waals surface area contributed by atoms with Crippen molar-refractivity contribution in [3.8, 4) is 0 Å². The molecule has 2 N–H and O–H groups in total. The Balaban J connectivity index is 1.69. The summed E-state index contributed by atoms with van der Waals surface area (Å²) in [6.07, 6.45) is 6.39. The van der Waals surface area contributed by atoms with E-state index in [-0.39, 0.29) is 0 Å². The monoisotopic (exact) mass is 165 g/mol. The van der Waals surface area contributed by atoms with Gasteiger partial charge in [-0.25, -0.2) is 4.98 Å². The second-order valence-electron chi connectivity index (χ2n) is 3.95. The van der Waals surface area contributed by atoms with E-state index in [9.17, 15) is 0 Å². The molecule has 2 rings (SSSR count). The van der Waals surface area contributed by atoms with Gasteiger partial charge in [0.1, 0.15) is 5.82 Å². The molecule has 0 saturated heterocycles. The van der Waals surface area contributed by atoms with Gasteiger partial charge in [0.15, 0.2) is 0 Å². The lowest BCUT2D eigenvalue weighted by Gasteiger charge is -2.07. The van der Waals surface area contributed by atoms with Gasteiger partial charge in [0.05, 0.1) is 6.54 Å². The molecule has 0 bridgehead atoms. The summed E-state index contributed by atoms with van der Waals surface area (Å²) < 4.78 is 0. The van der Waals surface area contributed by atoms with E-state index < -0.39 is 0 Å². The molecule has 1 aliphatic carbocycles. The smallest absolute Gasteiger partial charge is 0.120 e. The molecule has 1 saturated carbocycles. The number of nitrogens with one attached hydrogen (secondary N) is 2. The van der Waals surface area contributed by atoms with E-state index in [2.05, 4.69) is 22.2 Å². The molecule has 12 heavy (non-hydrogen) atoms. The van der Waals surface area contributed by atoms with Gasteiger partial charge in [-0.2, -0.15) is 0 Å². The topological polar surface area (TPSA) is 40.7 Å². The number of imidazole rings is 1. The Morgan fingerprint density at radius 3 is 3.08 bits per heavy atom. The van der Waals surface area contributed by atoms with Gasteiger partial charge in [-0.1, -0.05) is 6.92 Å². The van der Waals surface area contributed by atoms with E-state index >= 15 is 0 Å². The van der Waals surface area contributed by atoms with E-state index in [0.717, 1.165) is 18.9 Å². The molecule has 0 aromatic carbocycles. The summed E-state index contributed by atoms with van der Waals surface area (Å²) in [6, 6.07) is 0. The Morgan fingerprint density at radius 2 is 2.50 bits per heavy atom. The van der Waals surface area contributed by atoms with Crippen molar-refractivity contribution in [3.05, 3.63) is 18.2 Å². The maximum absolute atomic E-state index is 4.14. The van der Waals surface area contributed by atoms with Crippen LogP contribution in [0.4, 0.5) is 0 Å². The Hall–Kier alpha value is -0.830. The Morgan fingerprint density at radius 1 is 1.67 bits per heavy atom. The minimum absolute atomic E-state index is 0.590. The van der Waals surface area contributed by atoms with Gasteiger partial charge in [-0.05, 0) is 18.3 Å². The molecular formula is C9H15N3. The van der Waals surface area contributed by atoms with E-state index in [4.69, 9.17) is 0 Å². The zero-order valence-corrected chi connectivity index (χ0v) is 7.43. The van der Waals surface area contributed by atoms with Crippen LogP contribution >= 0.6 is 0 Å². The molecule has 3 nitrogen and oxygen atoms in total. The molecule has 1 aromatic rings. The lowest BCUT2D eigenvalue weighted by Crippen LogP contribution is -2.21. The van der Waals surface area contributed by atoms with Crippen LogP contribution in [0.5, 0.6) is 0 Å². The number of aromatic nitrogens is 2. The Bertz CT molecular complexity index is 236. The molecule has 66 valence electrons. The van der Waals surface area contributed by atoms with Crippen molar-refractivity contribution in [2.75, 3.05) is 6.54 Å². The maximum atomic E-state index is 4.14. The molecule has 0 atom stereocenters. The number of rotatable bonds is 4. The molecular weight excluding hydrogens is 150 g/mol. The summed E-state index contributed by atoms with van der Waals surface area (Å²) in [4.78, 5) is 7.21. The van der Waals surface area contributed by atoms with Crippen molar-refractivity contribution >= 4 is 0 Å². The van der Waals surface area contributed by atoms with Crippen LogP contribution in [0.2, 0.25) is 0 Å². The normalized spacial score (nSPS) is 19.4. The van der Waals surface area contributed by atoms with Gasteiger partial charge < -0.3 is 10.3 Å². The fourth-order valence-corrected chi connectivity index (χ4v) is 1.27. The lowest BCUT2D eigenvalue weighted by atomic mass is 10.1. The highest BCUT2D eigenvalue weighted by Crippen LogP contribution is 2.43. The second-order valence-corrected chi connectivity index (χ2v) is 3.95. The molecule has 1 aliphatic rings. The number of H-pyrrole nitrogens is 1. The van der Waals surface area contributed by atoms with Gasteiger partial charge in [-0.15, -0.1) is 0 Å². The van der Waals surface area contributed by atoms with Crippen LogP contribution < -0.4 is 5.32 Å². The first kappa shape index (κ1) is 7.80. The lowest BCUT2D eigenvalue weighted by molar-refractivity contribution is 0.494. The zero-order chi connectivity index (χ0) is 8.44. The summed E-state index contributed by atoms with van der Waals surface area (Å²) in [5.74, 6) is 1.03. The van der Waals surface area contributed by atoms with Crippen molar-refractivity contribution < 1.29 is 0 Å². The van der Waals surface area contributed by atoms with Crippen molar-refractivity contribution in [1.29, 1.82) is 0 Å². The van der Waals surface area contributed by atoms with E-state index in [1.165, 1.54) is 12.8 Å². The first-order valence-electron chi connectivity index (χ1n) is 4.48. The fourth-order valence-electron chi connectivity index (χ4n) is 1.27. The van der Waals surface area contributed by atoms with Crippen molar-refractivity contribution in [2.45, 2.75) is 26.3 Å². The molecule has 0 unspecified atom stereocenters. The molecule has 0 amide bonds. The minimum Gasteiger partial charge on any atom is -0.348 e. The average Bonchev–Trinajstić information content (AvgIpc) is 2.61. The van der Waals surface area contributed by atoms with Crippen LogP contribution in [-0.4, -0.2) is 16.5 Å². The summed E-state index contributed by atoms with van der Waals surface area (Å²) >= 11 is 0. The van der Waals surface area contributed by atoms with Crippen molar-refractivity contribution in [3.63, 3.8) is 0 Å². The quantitative estimate of drug-likeness (QED) is 0.706. The third-order valence-electron chi connectivity index (χ3n) is 2.50. The van der Waals surface area contributed by atoms with Gasteiger partial charge >= 0.3 is 0 Å². The van der Waals surface area contributed by atoms with Gasteiger partial charge in [0.25, 0.3) is 0 Å². The molecule has 1 aromatic heterocycles. The predicted molar refractivity (Wildman–Crippen MR) is 47.6 cm³/mol. The Labute approximate surface area is 72.6 Å². The highest BCUT2D eigenvalue weighted by Gasteiger charge is 2.36. The van der Waals surface area contributed by atoms with Crippen LogP contribution in [0.3, 0.4) is 0 Å². The standard InChI is InChI=1S/C9H15N3/c1-9(2-3-9)7-10-6-8-11-4-5-12-8/h4-5,10H,2-3,6-7H2,1H3,(H,11,12). The van der Waals surface area contributed by atoms with Crippen LogP contribution in [0, 0.1) is 5.41 Å². The number of aromatic amines is 1. The molecule has 1 fully saturated rings. The van der Waals surface area contributed by atoms with Gasteiger partial charge in [-0.3, -0.25) is 0 Å². The molecule has 0 aliphatic heterocycles. The van der Waals surface area contributed by atoms with Crippen molar-refractivity contribution in [2.24, 2.45) is 5.41 Å². The molecule has 1 heterocycles. The van der Waals surface area contributed by atoms with Crippen LogP contribution in [0.1, 0.15) is 25.6 Å². The third kappa shape index (κ3) is 1.85. The van der Waals surface area contributed by atoms with Crippen LogP contribution in [-0.2, 0) is 6.54 Å². The number of nitrogens with zero attached hydrogens (tertiary/aromatic N) is 1. The first-order valence-corrected chi connectivity index (χ1v) is 4.48. The van der Waals surface area contributed by atoms with Crippen LogP contribution in [0.15, 0.2) is 12.4 Å². The summed E-state index contributed by atoms with van der Waals surface area (Å²) in [7, 11) is 0. The van der Waals surface area contributed by atoms with Crippen LogP contribution in [0.25, 0.3) is 0 Å². The SMILES string of the molecule is CC1(CNCc2ncc[nH]2)CC1. The summed E-state index contributed by atoms with van der Waals surface area (Å²) in [5, 5.41) is 3.40. The Kier molecular flexibility index (Phi) is 1.89. The summed E-state index contributed by atoms with van der Waals surface area (Å²) in [5.41, 5.74) is 0.590. The van der Waals surface area contributed by atoms with Crippen molar-refractivity contribution in [1.82, 2.24) is 15.3 Å². The van der Waals surface area contributed by atoms with E-state index in [1.807, 2.05) is 6.20 Å². The first-order chi connectivity index (χ1) is 5.79. The number of hydrogen-bond acceptors (Lipinski definition) is 2. The minimum atomic E-state index is 0.590. The van der Waals surface area contributed by atoms with Gasteiger partial charge in [0.2, 0.25) is 0 Å². The predicted octanol–water partition coefficient (Wildman–Crippen LogP) is 1.30. The molecule has 0 spiro atoms. The number of hydrogen-bond donors (Lipinski definition) is 2. The average molecular weight is 165 g/mol. The highest BCUT2D eigenvalue weighted by atomic mass is 15.0. The summed E-state index contributed by atoms with van der Waals surface area (Å²) in [6.45, 7) is 4.30.